The predicted octanol–water partition coefficient (Wildman–Crippen LogP) is 2.11. The average molecular weight is 315 g/mol. The Morgan fingerprint density at radius 2 is 2.05 bits per heavy atom. The van der Waals surface area contributed by atoms with Gasteiger partial charge in [0.05, 0.1) is 12.7 Å². The molecule has 0 saturated carbocycles. The van der Waals surface area contributed by atoms with Crippen LogP contribution in [0.25, 0.3) is 0 Å². The number of hydrogen-bond donors (Lipinski definition) is 2. The van der Waals surface area contributed by atoms with Crippen molar-refractivity contribution in [3.05, 3.63) is 23.8 Å². The van der Waals surface area contributed by atoms with E-state index in [9.17, 15) is 13.2 Å². The Labute approximate surface area is 125 Å². The van der Waals surface area contributed by atoms with Crippen LogP contribution in [0.4, 0.5) is 0 Å². The molecule has 0 bridgehead atoms. The molecule has 0 fully saturated rings. The van der Waals surface area contributed by atoms with Crippen LogP contribution in [0.2, 0.25) is 0 Å². The molecule has 0 amide bonds. The molecule has 0 saturated heterocycles. The smallest absolute Gasteiger partial charge is 0.335 e. The molecule has 1 aromatic carbocycles. The lowest BCUT2D eigenvalue weighted by Crippen LogP contribution is -2.25. The molecule has 1 aromatic rings. The number of carboxylic acid groups (broad SMARTS) is 1. The van der Waals surface area contributed by atoms with Crippen LogP contribution in [0.15, 0.2) is 23.1 Å². The van der Waals surface area contributed by atoms with E-state index in [0.717, 1.165) is 18.9 Å². The van der Waals surface area contributed by atoms with Crippen LogP contribution >= 0.6 is 0 Å². The zero-order valence-electron chi connectivity index (χ0n) is 12.4. The van der Waals surface area contributed by atoms with E-state index < -0.39 is 16.0 Å². The zero-order valence-corrected chi connectivity index (χ0v) is 13.2. The molecular formula is C14H21NO5S. The van der Waals surface area contributed by atoms with Crippen LogP contribution < -0.4 is 9.46 Å². The highest BCUT2D eigenvalue weighted by atomic mass is 32.2. The van der Waals surface area contributed by atoms with Crippen molar-refractivity contribution < 1.29 is 23.1 Å². The van der Waals surface area contributed by atoms with Gasteiger partial charge in [0.25, 0.3) is 0 Å². The molecule has 6 nitrogen and oxygen atoms in total. The number of benzene rings is 1. The largest absolute Gasteiger partial charge is 0.495 e. The lowest BCUT2D eigenvalue weighted by atomic mass is 10.1. The molecule has 118 valence electrons. The van der Waals surface area contributed by atoms with Gasteiger partial charge in [-0.05, 0) is 37.0 Å². The Bertz CT molecular complexity index is 595. The zero-order chi connectivity index (χ0) is 16.0. The summed E-state index contributed by atoms with van der Waals surface area (Å²) in [5.74, 6) is -0.565. The molecule has 21 heavy (non-hydrogen) atoms. The number of methoxy groups -OCH3 is 1. The summed E-state index contributed by atoms with van der Waals surface area (Å²) in [7, 11) is -2.45. The maximum absolute atomic E-state index is 12.2. The van der Waals surface area contributed by atoms with Gasteiger partial charge >= 0.3 is 5.97 Å². The Morgan fingerprint density at radius 1 is 1.38 bits per heavy atom. The quantitative estimate of drug-likeness (QED) is 0.717. The van der Waals surface area contributed by atoms with Crippen LogP contribution in [-0.4, -0.2) is 33.1 Å². The Morgan fingerprint density at radius 3 is 2.57 bits per heavy atom. The number of hydrogen-bond acceptors (Lipinski definition) is 4. The lowest BCUT2D eigenvalue weighted by Gasteiger charge is -2.12. The van der Waals surface area contributed by atoms with Crippen molar-refractivity contribution in [2.75, 3.05) is 13.7 Å². The standard InChI is InChI=1S/C14H21NO5S/c1-10(2)5-4-8-15-21(18,19)13-9-11(14(16)17)6-7-12(13)20-3/h6-7,9-10,15H,4-5,8H2,1-3H3,(H,16,17). The first-order valence-corrected chi connectivity index (χ1v) is 8.17. The topological polar surface area (TPSA) is 92.7 Å². The van der Waals surface area contributed by atoms with Crippen molar-refractivity contribution in [3.8, 4) is 5.75 Å². The van der Waals surface area contributed by atoms with Crippen LogP contribution in [0.3, 0.4) is 0 Å². The minimum atomic E-state index is -3.80. The summed E-state index contributed by atoms with van der Waals surface area (Å²) in [5, 5.41) is 8.96. The lowest BCUT2D eigenvalue weighted by molar-refractivity contribution is 0.0696. The van der Waals surface area contributed by atoms with Crippen molar-refractivity contribution in [2.45, 2.75) is 31.6 Å². The first-order valence-electron chi connectivity index (χ1n) is 6.69. The van der Waals surface area contributed by atoms with Crippen molar-refractivity contribution in [2.24, 2.45) is 5.92 Å². The van der Waals surface area contributed by atoms with E-state index in [1.54, 1.807) is 0 Å². The first-order chi connectivity index (χ1) is 9.77. The number of carboxylic acids is 1. The van der Waals surface area contributed by atoms with Crippen LogP contribution in [0.1, 0.15) is 37.0 Å². The summed E-state index contributed by atoms with van der Waals surface area (Å²) in [6.07, 6.45) is 1.63. The van der Waals surface area contributed by atoms with Crippen LogP contribution in [0, 0.1) is 5.92 Å². The van der Waals surface area contributed by atoms with Gasteiger partial charge in [-0.25, -0.2) is 17.9 Å². The summed E-state index contributed by atoms with van der Waals surface area (Å²) in [5.41, 5.74) is -0.0987. The molecular weight excluding hydrogens is 294 g/mol. The van der Waals surface area contributed by atoms with E-state index >= 15 is 0 Å². The van der Waals surface area contributed by atoms with E-state index in [-0.39, 0.29) is 16.2 Å². The highest BCUT2D eigenvalue weighted by Crippen LogP contribution is 2.24. The average Bonchev–Trinajstić information content (AvgIpc) is 2.42. The van der Waals surface area contributed by atoms with E-state index in [1.807, 2.05) is 0 Å². The molecule has 0 aliphatic heterocycles. The summed E-state index contributed by atoms with van der Waals surface area (Å²) < 4.78 is 32.0. The van der Waals surface area contributed by atoms with Gasteiger partial charge in [-0.2, -0.15) is 0 Å². The fourth-order valence-electron chi connectivity index (χ4n) is 1.81. The van der Waals surface area contributed by atoms with Gasteiger partial charge in [0.15, 0.2) is 0 Å². The number of carbonyl (C=O) groups is 1. The summed E-state index contributed by atoms with van der Waals surface area (Å²) in [6, 6.07) is 3.75. The molecule has 0 radical (unpaired) electrons. The van der Waals surface area contributed by atoms with Gasteiger partial charge in [-0.1, -0.05) is 13.8 Å². The highest BCUT2D eigenvalue weighted by Gasteiger charge is 2.21. The second-order valence-corrected chi connectivity index (χ2v) is 6.84. The summed E-state index contributed by atoms with van der Waals surface area (Å²) in [4.78, 5) is 10.8. The molecule has 0 heterocycles. The van der Waals surface area contributed by atoms with Crippen molar-refractivity contribution >= 4 is 16.0 Å². The third-order valence-electron chi connectivity index (χ3n) is 2.95. The minimum absolute atomic E-state index is 0.0987. The van der Waals surface area contributed by atoms with Crippen LogP contribution in [0.5, 0.6) is 5.75 Å². The number of sulfonamides is 1. The van der Waals surface area contributed by atoms with Crippen molar-refractivity contribution in [1.29, 1.82) is 0 Å². The number of aromatic carboxylic acids is 1. The third kappa shape index (κ3) is 5.02. The Balaban J connectivity index is 2.95. The summed E-state index contributed by atoms with van der Waals surface area (Å²) in [6.45, 7) is 4.43. The predicted molar refractivity (Wildman–Crippen MR) is 79.2 cm³/mol. The molecule has 0 aromatic heterocycles. The third-order valence-corrected chi connectivity index (χ3v) is 4.43. The number of ether oxygens (including phenoxy) is 1. The van der Waals surface area contributed by atoms with Gasteiger partial charge in [-0.3, -0.25) is 0 Å². The normalized spacial score (nSPS) is 11.6. The van der Waals surface area contributed by atoms with Crippen molar-refractivity contribution in [3.63, 3.8) is 0 Å². The maximum Gasteiger partial charge on any atom is 0.335 e. The monoisotopic (exact) mass is 315 g/mol. The maximum atomic E-state index is 12.2. The van der Waals surface area contributed by atoms with E-state index in [1.165, 1.54) is 19.2 Å². The molecule has 2 N–H and O–H groups in total. The Kier molecular flexibility index (Phi) is 6.17. The van der Waals surface area contributed by atoms with Gasteiger partial charge in [0, 0.05) is 6.54 Å². The second-order valence-electron chi connectivity index (χ2n) is 5.10. The second kappa shape index (κ2) is 7.42. The molecule has 1 rings (SSSR count). The SMILES string of the molecule is COc1ccc(C(=O)O)cc1S(=O)(=O)NCCCC(C)C. The minimum Gasteiger partial charge on any atom is -0.495 e. The van der Waals surface area contributed by atoms with E-state index in [4.69, 9.17) is 9.84 Å². The van der Waals surface area contributed by atoms with Crippen LogP contribution in [-0.2, 0) is 10.0 Å². The Hall–Kier alpha value is -1.60. The number of nitrogens with one attached hydrogen (secondary N) is 1. The van der Waals surface area contributed by atoms with Crippen molar-refractivity contribution in [1.82, 2.24) is 4.72 Å². The summed E-state index contributed by atoms with van der Waals surface area (Å²) >= 11 is 0. The van der Waals surface area contributed by atoms with Gasteiger partial charge in [0.1, 0.15) is 10.6 Å². The molecule has 0 atom stereocenters. The molecule has 0 unspecified atom stereocenters. The van der Waals surface area contributed by atoms with Gasteiger partial charge < -0.3 is 9.84 Å². The fraction of sp³-hybridized carbons (Fsp3) is 0.500. The first kappa shape index (κ1) is 17.5. The molecule has 0 aliphatic carbocycles. The fourth-order valence-corrected chi connectivity index (χ4v) is 3.08. The molecule has 7 heteroatoms. The highest BCUT2D eigenvalue weighted by molar-refractivity contribution is 7.89. The van der Waals surface area contributed by atoms with Gasteiger partial charge in [0.2, 0.25) is 10.0 Å². The molecule has 0 aliphatic rings. The number of rotatable bonds is 8. The van der Waals surface area contributed by atoms with E-state index in [2.05, 4.69) is 18.6 Å². The molecule has 0 spiro atoms. The van der Waals surface area contributed by atoms with Gasteiger partial charge in [-0.15, -0.1) is 0 Å². The van der Waals surface area contributed by atoms with E-state index in [0.29, 0.717) is 12.5 Å².